The normalized spacial score (nSPS) is 17.8. The number of aryl methyl sites for hydroxylation is 1. The first-order valence-electron chi connectivity index (χ1n) is 7.36. The summed E-state index contributed by atoms with van der Waals surface area (Å²) in [5.74, 6) is 0. The number of hydrogen-bond donors (Lipinski definition) is 0. The van der Waals surface area contributed by atoms with Crippen LogP contribution in [0.1, 0.15) is 25.8 Å². The molecule has 1 saturated heterocycles. The molecule has 3 rings (SSSR count). The minimum absolute atomic E-state index is 0.154. The zero-order chi connectivity index (χ0) is 14.9. The lowest BCUT2D eigenvalue weighted by molar-refractivity contribution is 0.0109. The third-order valence-electron chi connectivity index (χ3n) is 3.91. The minimum Gasteiger partial charge on any atom is -0.407 e. The van der Waals surface area contributed by atoms with Crippen molar-refractivity contribution in [1.29, 1.82) is 0 Å². The van der Waals surface area contributed by atoms with Crippen molar-refractivity contribution in [3.05, 3.63) is 48.3 Å². The van der Waals surface area contributed by atoms with Crippen LogP contribution < -0.4 is 5.46 Å². The molecule has 0 radical (unpaired) electrons. The third kappa shape index (κ3) is 3.01. The van der Waals surface area contributed by atoms with Crippen molar-refractivity contribution in [2.75, 3.05) is 6.61 Å². The summed E-state index contributed by atoms with van der Waals surface area (Å²) in [5.41, 5.74) is 4.39. The Bertz CT molecular complexity index is 628. The van der Waals surface area contributed by atoms with Crippen LogP contribution in [-0.2, 0) is 9.31 Å². The molecular weight excluding hydrogens is 261 g/mol. The summed E-state index contributed by atoms with van der Waals surface area (Å²) in [6.45, 7) is 7.06. The standard InChI is InChI=1S/C17H20BNO2/c1-13-6-4-8-15(16(13)14-7-5-10-19-12-14)18-20-11-9-17(2,3)21-18/h4-8,10,12H,9,11H2,1-3H3. The van der Waals surface area contributed by atoms with E-state index in [1.165, 1.54) is 5.56 Å². The summed E-state index contributed by atoms with van der Waals surface area (Å²) in [7, 11) is -0.316. The fourth-order valence-electron chi connectivity index (χ4n) is 2.74. The second-order valence-electron chi connectivity index (χ2n) is 6.11. The Morgan fingerprint density at radius 1 is 1.19 bits per heavy atom. The fourth-order valence-corrected chi connectivity index (χ4v) is 2.74. The Morgan fingerprint density at radius 2 is 2.05 bits per heavy atom. The summed E-state index contributed by atoms with van der Waals surface area (Å²) >= 11 is 0. The van der Waals surface area contributed by atoms with Gasteiger partial charge in [-0.15, -0.1) is 0 Å². The zero-order valence-electron chi connectivity index (χ0n) is 12.8. The molecule has 0 N–H and O–H groups in total. The van der Waals surface area contributed by atoms with Gasteiger partial charge in [-0.1, -0.05) is 24.3 Å². The molecule has 1 aliphatic heterocycles. The van der Waals surface area contributed by atoms with Crippen LogP contribution in [0.2, 0.25) is 0 Å². The van der Waals surface area contributed by atoms with Gasteiger partial charge in [-0.05, 0) is 55.4 Å². The molecule has 1 aromatic carbocycles. The predicted octanol–water partition coefficient (Wildman–Crippen LogP) is 2.97. The van der Waals surface area contributed by atoms with E-state index in [2.05, 4.69) is 50.0 Å². The van der Waals surface area contributed by atoms with Gasteiger partial charge < -0.3 is 9.31 Å². The van der Waals surface area contributed by atoms with Gasteiger partial charge in [0.25, 0.3) is 0 Å². The quantitative estimate of drug-likeness (QED) is 0.793. The molecule has 108 valence electrons. The molecule has 0 spiro atoms. The highest BCUT2D eigenvalue weighted by molar-refractivity contribution is 6.63. The molecule has 1 aliphatic rings. The molecular formula is C17H20BNO2. The Hall–Kier alpha value is -1.65. The molecule has 3 nitrogen and oxygen atoms in total. The van der Waals surface area contributed by atoms with Gasteiger partial charge in [-0.2, -0.15) is 0 Å². The first-order chi connectivity index (χ1) is 10.1. The molecule has 21 heavy (non-hydrogen) atoms. The lowest BCUT2D eigenvalue weighted by Gasteiger charge is -2.35. The summed E-state index contributed by atoms with van der Waals surface area (Å²) in [5, 5.41) is 0. The van der Waals surface area contributed by atoms with Crippen LogP contribution in [0, 0.1) is 6.92 Å². The van der Waals surface area contributed by atoms with Crippen molar-refractivity contribution in [3.63, 3.8) is 0 Å². The first kappa shape index (κ1) is 14.3. The topological polar surface area (TPSA) is 31.4 Å². The van der Waals surface area contributed by atoms with Crippen LogP contribution >= 0.6 is 0 Å². The molecule has 1 aromatic heterocycles. The van der Waals surface area contributed by atoms with E-state index in [-0.39, 0.29) is 12.7 Å². The van der Waals surface area contributed by atoms with E-state index in [9.17, 15) is 0 Å². The van der Waals surface area contributed by atoms with E-state index in [1.807, 2.05) is 12.3 Å². The van der Waals surface area contributed by atoms with Crippen LogP contribution in [0.5, 0.6) is 0 Å². The van der Waals surface area contributed by atoms with Crippen LogP contribution in [0.15, 0.2) is 42.7 Å². The Kier molecular flexibility index (Phi) is 3.83. The zero-order valence-corrected chi connectivity index (χ0v) is 12.8. The van der Waals surface area contributed by atoms with Crippen molar-refractivity contribution < 1.29 is 9.31 Å². The van der Waals surface area contributed by atoms with Gasteiger partial charge in [-0.3, -0.25) is 4.98 Å². The maximum Gasteiger partial charge on any atom is 0.494 e. The van der Waals surface area contributed by atoms with E-state index < -0.39 is 0 Å². The highest BCUT2D eigenvalue weighted by Gasteiger charge is 2.36. The molecule has 0 aliphatic carbocycles. The average molecular weight is 281 g/mol. The van der Waals surface area contributed by atoms with Crippen molar-refractivity contribution in [2.24, 2.45) is 0 Å². The van der Waals surface area contributed by atoms with Crippen LogP contribution in [0.25, 0.3) is 11.1 Å². The number of benzene rings is 1. The van der Waals surface area contributed by atoms with Crippen molar-refractivity contribution in [2.45, 2.75) is 32.8 Å². The van der Waals surface area contributed by atoms with Crippen LogP contribution in [0.3, 0.4) is 0 Å². The van der Waals surface area contributed by atoms with Crippen molar-refractivity contribution in [1.82, 2.24) is 4.98 Å². The van der Waals surface area contributed by atoms with Crippen molar-refractivity contribution in [3.8, 4) is 11.1 Å². The number of rotatable bonds is 2. The largest absolute Gasteiger partial charge is 0.494 e. The van der Waals surface area contributed by atoms with E-state index >= 15 is 0 Å². The monoisotopic (exact) mass is 281 g/mol. The highest BCUT2D eigenvalue weighted by Crippen LogP contribution is 2.26. The van der Waals surface area contributed by atoms with Gasteiger partial charge in [0, 0.05) is 19.0 Å². The van der Waals surface area contributed by atoms with Gasteiger partial charge in [0.05, 0.1) is 5.60 Å². The Labute approximate surface area is 126 Å². The van der Waals surface area contributed by atoms with E-state index in [0.717, 1.165) is 29.6 Å². The smallest absolute Gasteiger partial charge is 0.407 e. The van der Waals surface area contributed by atoms with E-state index in [0.29, 0.717) is 0 Å². The molecule has 4 heteroatoms. The lowest BCUT2D eigenvalue weighted by Crippen LogP contribution is -2.49. The molecule has 0 bridgehead atoms. The van der Waals surface area contributed by atoms with Crippen LogP contribution in [0.4, 0.5) is 0 Å². The number of pyridine rings is 1. The fraction of sp³-hybridized carbons (Fsp3) is 0.353. The first-order valence-corrected chi connectivity index (χ1v) is 7.36. The molecule has 2 aromatic rings. The second kappa shape index (κ2) is 5.62. The Morgan fingerprint density at radius 3 is 2.76 bits per heavy atom. The molecule has 2 heterocycles. The van der Waals surface area contributed by atoms with Gasteiger partial charge in [0.1, 0.15) is 0 Å². The minimum atomic E-state index is -0.316. The van der Waals surface area contributed by atoms with Crippen LogP contribution in [-0.4, -0.2) is 24.3 Å². The van der Waals surface area contributed by atoms with E-state index in [1.54, 1.807) is 6.20 Å². The third-order valence-corrected chi connectivity index (χ3v) is 3.91. The highest BCUT2D eigenvalue weighted by atomic mass is 16.6. The second-order valence-corrected chi connectivity index (χ2v) is 6.11. The molecule has 0 atom stereocenters. The summed E-state index contributed by atoms with van der Waals surface area (Å²) in [4.78, 5) is 4.24. The number of hydrogen-bond acceptors (Lipinski definition) is 3. The van der Waals surface area contributed by atoms with Gasteiger partial charge >= 0.3 is 7.12 Å². The molecule has 1 fully saturated rings. The van der Waals surface area contributed by atoms with Crippen molar-refractivity contribution >= 4 is 12.6 Å². The van der Waals surface area contributed by atoms with Gasteiger partial charge in [-0.25, -0.2) is 0 Å². The Balaban J connectivity index is 2.05. The average Bonchev–Trinajstić information content (AvgIpc) is 2.47. The molecule has 0 saturated carbocycles. The number of nitrogens with zero attached hydrogens (tertiary/aromatic N) is 1. The molecule has 0 unspecified atom stereocenters. The SMILES string of the molecule is Cc1cccc(B2OCCC(C)(C)O2)c1-c1cccnc1. The summed E-state index contributed by atoms with van der Waals surface area (Å²) < 4.78 is 12.0. The van der Waals surface area contributed by atoms with E-state index in [4.69, 9.17) is 9.31 Å². The summed E-state index contributed by atoms with van der Waals surface area (Å²) in [6, 6.07) is 10.3. The maximum absolute atomic E-state index is 6.13. The van der Waals surface area contributed by atoms with Gasteiger partial charge in [0.15, 0.2) is 0 Å². The van der Waals surface area contributed by atoms with Gasteiger partial charge in [0.2, 0.25) is 0 Å². The number of aromatic nitrogens is 1. The summed E-state index contributed by atoms with van der Waals surface area (Å²) in [6.07, 6.45) is 4.59. The lowest BCUT2D eigenvalue weighted by atomic mass is 9.71. The maximum atomic E-state index is 6.13. The molecule has 0 amide bonds. The predicted molar refractivity (Wildman–Crippen MR) is 85.5 cm³/mol.